The van der Waals surface area contributed by atoms with Gasteiger partial charge in [-0.3, -0.25) is 4.68 Å². The summed E-state index contributed by atoms with van der Waals surface area (Å²) in [5.74, 6) is -0.181. The second-order valence-corrected chi connectivity index (χ2v) is 5.85. The number of aromatic nitrogens is 2. The summed E-state index contributed by atoms with van der Waals surface area (Å²) in [6.07, 6.45) is 3.27. The van der Waals surface area contributed by atoms with Crippen LogP contribution in [0.25, 0.3) is 11.3 Å². The third-order valence-electron chi connectivity index (χ3n) is 4.26. The molecule has 0 aliphatic carbocycles. The molecule has 2 heterocycles. The van der Waals surface area contributed by atoms with E-state index in [0.717, 1.165) is 28.3 Å². The van der Waals surface area contributed by atoms with Crippen LogP contribution in [0.4, 0.5) is 11.4 Å². The van der Waals surface area contributed by atoms with Crippen LogP contribution >= 0.6 is 0 Å². The van der Waals surface area contributed by atoms with Gasteiger partial charge in [-0.05, 0) is 35.9 Å². The Morgan fingerprint density at radius 3 is 2.77 bits per heavy atom. The predicted molar refractivity (Wildman–Crippen MR) is 98.5 cm³/mol. The molecule has 2 N–H and O–H groups in total. The van der Waals surface area contributed by atoms with Gasteiger partial charge in [-0.2, -0.15) is 5.10 Å². The van der Waals surface area contributed by atoms with Crippen molar-refractivity contribution in [2.45, 2.75) is 6.54 Å². The van der Waals surface area contributed by atoms with Gasteiger partial charge in [-0.15, -0.1) is 0 Å². The van der Waals surface area contributed by atoms with Gasteiger partial charge in [0.15, 0.2) is 0 Å². The Hall–Kier alpha value is -3.61. The van der Waals surface area contributed by atoms with Crippen molar-refractivity contribution in [3.63, 3.8) is 0 Å². The van der Waals surface area contributed by atoms with E-state index in [2.05, 4.69) is 15.4 Å². The van der Waals surface area contributed by atoms with Crippen molar-refractivity contribution < 1.29 is 14.6 Å². The molecule has 1 aromatic heterocycles. The monoisotopic (exact) mass is 348 g/mol. The summed E-state index contributed by atoms with van der Waals surface area (Å²) >= 11 is 0. The standard InChI is InChI=1S/C19H16N4O3/c1-26-14-5-2-12(3-6-14)10-23-18-15-8-13(19(24)25)4-7-16(15)20-11-21-17(18)9-22-23/h2-9,11H,10H2,1H3,(H,20,21)(H,24,25). The average Bonchev–Trinajstić information content (AvgIpc) is 2.95. The van der Waals surface area contributed by atoms with E-state index in [9.17, 15) is 9.90 Å². The van der Waals surface area contributed by atoms with E-state index in [0.29, 0.717) is 12.2 Å². The molecule has 0 atom stereocenters. The number of benzene rings is 2. The number of methoxy groups -OCH3 is 1. The highest BCUT2D eigenvalue weighted by Gasteiger charge is 2.20. The molecule has 2 aromatic carbocycles. The number of anilines is 1. The van der Waals surface area contributed by atoms with Gasteiger partial charge in [0.05, 0.1) is 37.4 Å². The lowest BCUT2D eigenvalue weighted by molar-refractivity contribution is 0.0697. The molecule has 0 bridgehead atoms. The van der Waals surface area contributed by atoms with E-state index in [1.54, 1.807) is 37.8 Å². The lowest BCUT2D eigenvalue weighted by atomic mass is 10.0. The number of aromatic carboxylic acids is 1. The van der Waals surface area contributed by atoms with Gasteiger partial charge in [-0.1, -0.05) is 12.1 Å². The van der Waals surface area contributed by atoms with Crippen LogP contribution in [0.3, 0.4) is 0 Å². The van der Waals surface area contributed by atoms with E-state index in [1.807, 2.05) is 28.9 Å². The third kappa shape index (κ3) is 2.79. The highest BCUT2D eigenvalue weighted by molar-refractivity contribution is 5.97. The van der Waals surface area contributed by atoms with E-state index in [-0.39, 0.29) is 5.56 Å². The molecule has 0 spiro atoms. The maximum atomic E-state index is 11.4. The SMILES string of the molecule is COc1ccc(Cn2ncc3c2-c2cc(C(=O)O)ccc2NC=N3)cc1. The van der Waals surface area contributed by atoms with Gasteiger partial charge in [0.1, 0.15) is 11.4 Å². The Bertz CT molecular complexity index is 1010. The highest BCUT2D eigenvalue weighted by atomic mass is 16.5. The number of carboxylic acids is 1. The van der Waals surface area contributed by atoms with Gasteiger partial charge in [0, 0.05) is 11.3 Å². The van der Waals surface area contributed by atoms with Crippen LogP contribution in [0, 0.1) is 0 Å². The zero-order valence-electron chi connectivity index (χ0n) is 14.0. The summed E-state index contributed by atoms with van der Waals surface area (Å²) in [6, 6.07) is 12.7. The zero-order chi connectivity index (χ0) is 18.1. The van der Waals surface area contributed by atoms with Gasteiger partial charge in [-0.25, -0.2) is 9.79 Å². The average molecular weight is 348 g/mol. The molecule has 130 valence electrons. The summed E-state index contributed by atoms with van der Waals surface area (Å²) < 4.78 is 7.01. The molecule has 0 radical (unpaired) electrons. The minimum Gasteiger partial charge on any atom is -0.497 e. The summed E-state index contributed by atoms with van der Waals surface area (Å²) in [6.45, 7) is 0.533. The molecular weight excluding hydrogens is 332 g/mol. The lowest BCUT2D eigenvalue weighted by Gasteiger charge is -2.12. The molecule has 0 fully saturated rings. The van der Waals surface area contributed by atoms with Crippen LogP contribution in [0.2, 0.25) is 0 Å². The Morgan fingerprint density at radius 1 is 1.23 bits per heavy atom. The van der Waals surface area contributed by atoms with E-state index in [4.69, 9.17) is 4.74 Å². The quantitative estimate of drug-likeness (QED) is 0.754. The summed E-state index contributed by atoms with van der Waals surface area (Å²) in [5.41, 5.74) is 4.27. The number of rotatable bonds is 4. The lowest BCUT2D eigenvalue weighted by Crippen LogP contribution is -2.06. The van der Waals surface area contributed by atoms with E-state index < -0.39 is 5.97 Å². The Balaban J connectivity index is 1.79. The van der Waals surface area contributed by atoms with Gasteiger partial charge in [0.2, 0.25) is 0 Å². The fraction of sp³-hybridized carbons (Fsp3) is 0.105. The number of carboxylic acid groups (broad SMARTS) is 1. The maximum Gasteiger partial charge on any atom is 0.335 e. The van der Waals surface area contributed by atoms with Crippen LogP contribution < -0.4 is 10.1 Å². The van der Waals surface area contributed by atoms with E-state index in [1.165, 1.54) is 0 Å². The number of hydrogen-bond donors (Lipinski definition) is 2. The fourth-order valence-corrected chi connectivity index (χ4v) is 2.94. The first kappa shape index (κ1) is 15.9. The molecule has 0 unspecified atom stereocenters. The number of fused-ring (bicyclic) bond motifs is 3. The Labute approximate surface area is 149 Å². The number of carbonyl (C=O) groups is 1. The molecule has 7 heteroatoms. The molecule has 3 aromatic rings. The number of nitrogens with one attached hydrogen (secondary N) is 1. The topological polar surface area (TPSA) is 88.7 Å². The Morgan fingerprint density at radius 2 is 2.04 bits per heavy atom. The first-order valence-electron chi connectivity index (χ1n) is 8.01. The molecule has 0 saturated heterocycles. The van der Waals surface area contributed by atoms with Crippen LogP contribution in [-0.2, 0) is 6.54 Å². The molecular formula is C19H16N4O3. The van der Waals surface area contributed by atoms with Crippen molar-refractivity contribution in [1.29, 1.82) is 0 Å². The van der Waals surface area contributed by atoms with Crippen molar-refractivity contribution in [2.24, 2.45) is 4.99 Å². The van der Waals surface area contributed by atoms with Gasteiger partial charge < -0.3 is 15.2 Å². The molecule has 26 heavy (non-hydrogen) atoms. The normalized spacial score (nSPS) is 11.9. The number of aliphatic imine (C=N–C) groups is 1. The van der Waals surface area contributed by atoms with Gasteiger partial charge in [0.25, 0.3) is 0 Å². The molecule has 4 rings (SSSR count). The van der Waals surface area contributed by atoms with Crippen molar-refractivity contribution in [3.8, 4) is 17.0 Å². The van der Waals surface area contributed by atoms with Crippen LogP contribution in [0.5, 0.6) is 5.75 Å². The molecule has 0 amide bonds. The zero-order valence-corrected chi connectivity index (χ0v) is 14.0. The first-order valence-corrected chi connectivity index (χ1v) is 8.01. The second kappa shape index (κ2) is 6.36. The molecule has 7 nitrogen and oxygen atoms in total. The van der Waals surface area contributed by atoms with Crippen LogP contribution in [0.1, 0.15) is 15.9 Å². The van der Waals surface area contributed by atoms with Crippen LogP contribution in [-0.4, -0.2) is 34.3 Å². The number of ether oxygens (including phenoxy) is 1. The summed E-state index contributed by atoms with van der Waals surface area (Å²) in [7, 11) is 1.63. The summed E-state index contributed by atoms with van der Waals surface area (Å²) in [4.78, 5) is 15.8. The highest BCUT2D eigenvalue weighted by Crippen LogP contribution is 2.37. The Kier molecular flexibility index (Phi) is 3.89. The minimum atomic E-state index is -0.972. The molecule has 1 aliphatic rings. The number of nitrogens with zero attached hydrogens (tertiary/aromatic N) is 3. The maximum absolute atomic E-state index is 11.4. The minimum absolute atomic E-state index is 0.218. The third-order valence-corrected chi connectivity index (χ3v) is 4.26. The smallest absolute Gasteiger partial charge is 0.335 e. The van der Waals surface area contributed by atoms with Crippen LogP contribution in [0.15, 0.2) is 53.7 Å². The molecule has 0 saturated carbocycles. The largest absolute Gasteiger partial charge is 0.497 e. The van der Waals surface area contributed by atoms with E-state index >= 15 is 0 Å². The first-order chi connectivity index (χ1) is 12.7. The predicted octanol–water partition coefficient (Wildman–Crippen LogP) is 3.39. The van der Waals surface area contributed by atoms with Crippen molar-refractivity contribution in [2.75, 3.05) is 12.4 Å². The molecule has 1 aliphatic heterocycles. The van der Waals surface area contributed by atoms with Crippen molar-refractivity contribution >= 4 is 23.7 Å². The fourth-order valence-electron chi connectivity index (χ4n) is 2.94. The number of hydrogen-bond acceptors (Lipinski definition) is 5. The second-order valence-electron chi connectivity index (χ2n) is 5.85. The van der Waals surface area contributed by atoms with Gasteiger partial charge >= 0.3 is 5.97 Å². The summed E-state index contributed by atoms with van der Waals surface area (Å²) in [5, 5.41) is 16.9. The van der Waals surface area contributed by atoms with Crippen molar-refractivity contribution in [3.05, 3.63) is 59.8 Å². The van der Waals surface area contributed by atoms with Crippen molar-refractivity contribution in [1.82, 2.24) is 9.78 Å².